The number of pyridine rings is 1. The molecule has 0 saturated carbocycles. The zero-order valence-electron chi connectivity index (χ0n) is 22.8. The van der Waals surface area contributed by atoms with E-state index in [0.29, 0.717) is 19.0 Å². The van der Waals surface area contributed by atoms with Gasteiger partial charge in [-0.25, -0.2) is 19.4 Å². The van der Waals surface area contributed by atoms with Crippen molar-refractivity contribution in [3.63, 3.8) is 0 Å². The van der Waals surface area contributed by atoms with Crippen LogP contribution in [0, 0.1) is 5.41 Å². The SMILES string of the molecule is CC(C)(C)CC(=O)c1nc(Cn2nc(-c3ccc(Cl)cc3)n(C[C@H](O)C(F)(F)F)c2=O)nn1-c1ncccc1C(F)(F)F. The fraction of sp³-hybridized carbons (Fsp3) is 0.385. The largest absolute Gasteiger partial charge is 0.420 e. The van der Waals surface area contributed by atoms with Crippen LogP contribution in [0.5, 0.6) is 0 Å². The molecule has 0 unspecified atom stereocenters. The van der Waals surface area contributed by atoms with E-state index in [1.54, 1.807) is 20.8 Å². The highest BCUT2D eigenvalue weighted by molar-refractivity contribution is 6.30. The van der Waals surface area contributed by atoms with Gasteiger partial charge in [-0.05, 0) is 41.8 Å². The summed E-state index contributed by atoms with van der Waals surface area (Å²) < 4.78 is 82.9. The number of hydrogen-bond acceptors (Lipinski definition) is 7. The first-order valence-corrected chi connectivity index (χ1v) is 12.9. The standard InChI is InChI=1S/C26H24ClF6N7O3/c1-24(2,3)11-17(41)22-35-19(36-40(22)21-16(25(28,29)30)5-4-10-34-21)13-39-23(43)38(12-18(42)26(31,32)33)20(37-39)14-6-8-15(27)9-7-14/h4-10,18,42H,11-13H2,1-3H3/t18-/m0/s1. The van der Waals surface area contributed by atoms with E-state index in [1.807, 2.05) is 0 Å². The fourth-order valence-corrected chi connectivity index (χ4v) is 4.16. The van der Waals surface area contributed by atoms with E-state index in [9.17, 15) is 41.0 Å². The van der Waals surface area contributed by atoms with Gasteiger partial charge in [0.1, 0.15) is 12.1 Å². The number of carbonyl (C=O) groups excluding carboxylic acids is 1. The van der Waals surface area contributed by atoms with Gasteiger partial charge in [-0.15, -0.1) is 10.2 Å². The van der Waals surface area contributed by atoms with Crippen LogP contribution in [-0.4, -0.2) is 57.3 Å². The number of rotatable bonds is 8. The third kappa shape index (κ3) is 7.30. The zero-order chi connectivity index (χ0) is 31.9. The quantitative estimate of drug-likeness (QED) is 0.216. The first kappa shape index (κ1) is 31.9. The molecule has 230 valence electrons. The molecule has 1 aromatic carbocycles. The molecule has 43 heavy (non-hydrogen) atoms. The molecule has 3 heterocycles. The second-order valence-electron chi connectivity index (χ2n) is 10.7. The van der Waals surface area contributed by atoms with Crippen molar-refractivity contribution in [1.82, 2.24) is 34.1 Å². The lowest BCUT2D eigenvalue weighted by Crippen LogP contribution is -2.37. The predicted octanol–water partition coefficient (Wildman–Crippen LogP) is 4.95. The molecular formula is C26H24ClF6N7O3. The number of ketones is 1. The van der Waals surface area contributed by atoms with Crippen molar-refractivity contribution < 1.29 is 36.2 Å². The minimum atomic E-state index is -5.06. The minimum Gasteiger partial charge on any atom is -0.382 e. The molecule has 0 aliphatic rings. The van der Waals surface area contributed by atoms with Crippen LogP contribution in [0.3, 0.4) is 0 Å². The number of aliphatic hydroxyl groups excluding tert-OH is 1. The van der Waals surface area contributed by atoms with Gasteiger partial charge in [-0.2, -0.15) is 31.0 Å². The molecular weight excluding hydrogens is 608 g/mol. The number of aromatic nitrogens is 7. The van der Waals surface area contributed by atoms with E-state index in [4.69, 9.17) is 11.6 Å². The van der Waals surface area contributed by atoms with E-state index in [0.717, 1.165) is 18.3 Å². The molecule has 0 radical (unpaired) electrons. The van der Waals surface area contributed by atoms with Crippen molar-refractivity contribution in [3.05, 3.63) is 75.3 Å². The Hall–Kier alpha value is -4.05. The summed E-state index contributed by atoms with van der Waals surface area (Å²) in [6.45, 7) is 3.34. The maximum absolute atomic E-state index is 13.8. The smallest absolute Gasteiger partial charge is 0.382 e. The lowest BCUT2D eigenvalue weighted by Gasteiger charge is -2.17. The summed E-state index contributed by atoms with van der Waals surface area (Å²) >= 11 is 5.89. The highest BCUT2D eigenvalue weighted by atomic mass is 35.5. The fourth-order valence-electron chi connectivity index (χ4n) is 4.03. The minimum absolute atomic E-state index is 0.135. The third-order valence-electron chi connectivity index (χ3n) is 5.93. The monoisotopic (exact) mass is 631 g/mol. The average molecular weight is 632 g/mol. The lowest BCUT2D eigenvalue weighted by molar-refractivity contribution is -0.207. The Labute approximate surface area is 244 Å². The van der Waals surface area contributed by atoms with Crippen LogP contribution in [0.15, 0.2) is 47.4 Å². The lowest BCUT2D eigenvalue weighted by atomic mass is 9.90. The van der Waals surface area contributed by atoms with E-state index < -0.39 is 65.6 Å². The van der Waals surface area contributed by atoms with Crippen LogP contribution in [0.25, 0.3) is 17.2 Å². The second kappa shape index (κ2) is 11.6. The molecule has 1 N–H and O–H groups in total. The van der Waals surface area contributed by atoms with Crippen molar-refractivity contribution in [2.45, 2.75) is 58.7 Å². The van der Waals surface area contributed by atoms with Crippen molar-refractivity contribution in [1.29, 1.82) is 0 Å². The summed E-state index contributed by atoms with van der Waals surface area (Å²) in [5.41, 5.74) is -2.73. The van der Waals surface area contributed by atoms with Gasteiger partial charge in [0.25, 0.3) is 0 Å². The molecule has 0 bridgehead atoms. The summed E-state index contributed by atoms with van der Waals surface area (Å²) in [6, 6.07) is 7.40. The van der Waals surface area contributed by atoms with Gasteiger partial charge in [0.05, 0.1) is 6.54 Å². The molecule has 3 aromatic heterocycles. The van der Waals surface area contributed by atoms with Crippen LogP contribution >= 0.6 is 11.6 Å². The first-order valence-electron chi connectivity index (χ1n) is 12.6. The van der Waals surface area contributed by atoms with Crippen molar-refractivity contribution in [3.8, 4) is 17.2 Å². The van der Waals surface area contributed by atoms with Crippen LogP contribution in [0.1, 0.15) is 49.2 Å². The molecule has 4 rings (SSSR count). The molecule has 0 aliphatic heterocycles. The van der Waals surface area contributed by atoms with Crippen LogP contribution in [-0.2, 0) is 19.3 Å². The van der Waals surface area contributed by atoms with Gasteiger partial charge in [0, 0.05) is 23.2 Å². The molecule has 10 nitrogen and oxygen atoms in total. The number of halogens is 7. The number of carbonyl (C=O) groups is 1. The van der Waals surface area contributed by atoms with Crippen LogP contribution in [0.2, 0.25) is 5.02 Å². The molecule has 0 saturated heterocycles. The van der Waals surface area contributed by atoms with Gasteiger partial charge in [0.15, 0.2) is 23.6 Å². The Kier molecular flexibility index (Phi) is 8.57. The number of Topliss-reactive ketones (excluding diaryl/α,β-unsaturated/α-hetero) is 1. The summed E-state index contributed by atoms with van der Waals surface area (Å²) in [5.74, 6) is -2.51. The Balaban J connectivity index is 1.84. The normalized spacial score (nSPS) is 13.4. The summed E-state index contributed by atoms with van der Waals surface area (Å²) in [7, 11) is 0. The molecule has 4 aromatic rings. The summed E-state index contributed by atoms with van der Waals surface area (Å²) in [6.07, 6.45) is -11.9. The first-order chi connectivity index (χ1) is 19.8. The number of alkyl halides is 6. The predicted molar refractivity (Wildman–Crippen MR) is 141 cm³/mol. The molecule has 0 fully saturated rings. The highest BCUT2D eigenvalue weighted by Crippen LogP contribution is 2.33. The second-order valence-corrected chi connectivity index (χ2v) is 11.2. The van der Waals surface area contributed by atoms with Crippen molar-refractivity contribution in [2.75, 3.05) is 0 Å². The van der Waals surface area contributed by atoms with Gasteiger partial charge in [0.2, 0.25) is 11.6 Å². The highest BCUT2D eigenvalue weighted by Gasteiger charge is 2.40. The van der Waals surface area contributed by atoms with Crippen LogP contribution < -0.4 is 5.69 Å². The van der Waals surface area contributed by atoms with Gasteiger partial charge < -0.3 is 5.11 Å². The van der Waals surface area contributed by atoms with Crippen LogP contribution in [0.4, 0.5) is 26.3 Å². The Morgan fingerprint density at radius 1 is 1.02 bits per heavy atom. The maximum atomic E-state index is 13.8. The number of hydrogen-bond donors (Lipinski definition) is 1. The van der Waals surface area contributed by atoms with Gasteiger partial charge in [-0.1, -0.05) is 32.4 Å². The van der Waals surface area contributed by atoms with E-state index >= 15 is 0 Å². The number of benzene rings is 1. The van der Waals surface area contributed by atoms with Gasteiger partial charge in [-0.3, -0.25) is 9.36 Å². The Morgan fingerprint density at radius 3 is 2.26 bits per heavy atom. The molecule has 1 atom stereocenters. The Bertz CT molecular complexity index is 1690. The van der Waals surface area contributed by atoms with Gasteiger partial charge >= 0.3 is 18.0 Å². The van der Waals surface area contributed by atoms with E-state index in [2.05, 4.69) is 20.2 Å². The molecule has 17 heteroatoms. The van der Waals surface area contributed by atoms with Crippen molar-refractivity contribution >= 4 is 17.4 Å². The van der Waals surface area contributed by atoms with E-state index in [1.165, 1.54) is 24.3 Å². The number of nitrogens with zero attached hydrogens (tertiary/aromatic N) is 7. The molecule has 0 amide bonds. The molecule has 0 spiro atoms. The maximum Gasteiger partial charge on any atom is 0.420 e. The average Bonchev–Trinajstić information content (AvgIpc) is 3.44. The summed E-state index contributed by atoms with van der Waals surface area (Å²) in [5, 5.41) is 18.1. The third-order valence-corrected chi connectivity index (χ3v) is 6.19. The molecule has 0 aliphatic carbocycles. The Morgan fingerprint density at radius 2 is 1.67 bits per heavy atom. The number of aliphatic hydroxyl groups is 1. The zero-order valence-corrected chi connectivity index (χ0v) is 23.5. The van der Waals surface area contributed by atoms with E-state index in [-0.39, 0.29) is 23.6 Å². The summed E-state index contributed by atoms with van der Waals surface area (Å²) in [4.78, 5) is 34.3. The van der Waals surface area contributed by atoms with Crippen molar-refractivity contribution in [2.24, 2.45) is 5.41 Å². The topological polar surface area (TPSA) is 121 Å².